The van der Waals surface area contributed by atoms with Crippen LogP contribution in [0.25, 0.3) is 0 Å². The first-order valence-electron chi connectivity index (χ1n) is 6.02. The van der Waals surface area contributed by atoms with Gasteiger partial charge in [-0.3, -0.25) is 9.89 Å². The van der Waals surface area contributed by atoms with E-state index in [0.717, 1.165) is 0 Å². The summed E-state index contributed by atoms with van der Waals surface area (Å²) in [4.78, 5) is 16.1. The van der Waals surface area contributed by atoms with Crippen LogP contribution in [-0.4, -0.2) is 38.3 Å². The third-order valence-corrected chi connectivity index (χ3v) is 2.59. The molecule has 1 rings (SSSR count). The summed E-state index contributed by atoms with van der Waals surface area (Å²) in [5.41, 5.74) is -0.652. The van der Waals surface area contributed by atoms with Gasteiger partial charge in [0.2, 0.25) is 5.82 Å². The number of aliphatic hydroxyl groups excluding tert-OH is 1. The Labute approximate surface area is 107 Å². The highest BCUT2D eigenvalue weighted by Crippen LogP contribution is 2.17. The maximum Gasteiger partial charge on any atom is 0.291 e. The number of aromatic nitrogens is 3. The molecule has 1 amide bonds. The SMILES string of the molecule is CC(C)(CCO)NC(=O)c1n[nH]c(C(C)(C)C)n1. The molecule has 0 bridgehead atoms. The molecular weight excluding hydrogens is 232 g/mol. The highest BCUT2D eigenvalue weighted by atomic mass is 16.3. The standard InChI is InChI=1S/C12H22N4O2/c1-11(2,3)10-13-8(15-16-10)9(18)14-12(4,5)6-7-17/h17H,6-7H2,1-5H3,(H,14,18)(H,13,15,16). The molecule has 0 fully saturated rings. The van der Waals surface area contributed by atoms with Crippen LogP contribution in [-0.2, 0) is 5.41 Å². The summed E-state index contributed by atoms with van der Waals surface area (Å²) in [7, 11) is 0. The molecule has 0 aliphatic heterocycles. The number of carbonyl (C=O) groups excluding carboxylic acids is 1. The first-order chi connectivity index (χ1) is 8.15. The number of rotatable bonds is 4. The molecule has 0 aliphatic rings. The predicted octanol–water partition coefficient (Wildman–Crippen LogP) is 0.993. The maximum absolute atomic E-state index is 11.9. The van der Waals surface area contributed by atoms with Crippen molar-refractivity contribution in [3.05, 3.63) is 11.6 Å². The molecule has 0 aliphatic carbocycles. The quantitative estimate of drug-likeness (QED) is 0.747. The van der Waals surface area contributed by atoms with E-state index in [9.17, 15) is 4.79 Å². The van der Waals surface area contributed by atoms with Gasteiger partial charge in [0.15, 0.2) is 0 Å². The van der Waals surface area contributed by atoms with Crippen molar-refractivity contribution in [3.8, 4) is 0 Å². The third-order valence-electron chi connectivity index (χ3n) is 2.59. The van der Waals surface area contributed by atoms with E-state index in [2.05, 4.69) is 20.5 Å². The largest absolute Gasteiger partial charge is 0.396 e. The molecule has 18 heavy (non-hydrogen) atoms. The van der Waals surface area contributed by atoms with Gasteiger partial charge >= 0.3 is 0 Å². The van der Waals surface area contributed by atoms with Crippen molar-refractivity contribution in [3.63, 3.8) is 0 Å². The molecule has 1 aromatic heterocycles. The van der Waals surface area contributed by atoms with Crippen LogP contribution in [0.2, 0.25) is 0 Å². The summed E-state index contributed by atoms with van der Waals surface area (Å²) in [6.07, 6.45) is 0.481. The average molecular weight is 254 g/mol. The van der Waals surface area contributed by atoms with Gasteiger partial charge in [-0.25, -0.2) is 4.98 Å². The van der Waals surface area contributed by atoms with Crippen molar-refractivity contribution in [1.29, 1.82) is 0 Å². The highest BCUT2D eigenvalue weighted by Gasteiger charge is 2.25. The number of nitrogens with zero attached hydrogens (tertiary/aromatic N) is 2. The zero-order valence-electron chi connectivity index (χ0n) is 11.7. The van der Waals surface area contributed by atoms with E-state index < -0.39 is 5.54 Å². The van der Waals surface area contributed by atoms with E-state index in [1.165, 1.54) is 0 Å². The maximum atomic E-state index is 11.9. The Morgan fingerprint density at radius 2 is 1.94 bits per heavy atom. The van der Waals surface area contributed by atoms with Crippen molar-refractivity contribution in [2.45, 2.75) is 52.0 Å². The van der Waals surface area contributed by atoms with E-state index in [4.69, 9.17) is 5.11 Å². The number of hydrogen-bond donors (Lipinski definition) is 3. The van der Waals surface area contributed by atoms with Gasteiger partial charge in [0.05, 0.1) is 0 Å². The topological polar surface area (TPSA) is 90.9 Å². The lowest BCUT2D eigenvalue weighted by Crippen LogP contribution is -2.44. The summed E-state index contributed by atoms with van der Waals surface area (Å²) in [5.74, 6) is 0.471. The molecule has 102 valence electrons. The van der Waals surface area contributed by atoms with E-state index >= 15 is 0 Å². The second-order valence-corrected chi connectivity index (χ2v) is 6.07. The second-order valence-electron chi connectivity index (χ2n) is 6.07. The van der Waals surface area contributed by atoms with Crippen LogP contribution in [0.3, 0.4) is 0 Å². The minimum atomic E-state index is -0.478. The predicted molar refractivity (Wildman–Crippen MR) is 68.3 cm³/mol. The van der Waals surface area contributed by atoms with Crippen LogP contribution in [0.5, 0.6) is 0 Å². The van der Waals surface area contributed by atoms with E-state index in [0.29, 0.717) is 12.2 Å². The van der Waals surface area contributed by atoms with Gasteiger partial charge in [-0.2, -0.15) is 0 Å². The first kappa shape index (κ1) is 14.6. The van der Waals surface area contributed by atoms with Gasteiger partial charge in [-0.05, 0) is 20.3 Å². The second kappa shape index (κ2) is 5.06. The van der Waals surface area contributed by atoms with Gasteiger partial charge in [-0.15, -0.1) is 5.10 Å². The number of amides is 1. The Morgan fingerprint density at radius 3 is 2.39 bits per heavy atom. The van der Waals surface area contributed by atoms with Crippen LogP contribution in [0, 0.1) is 0 Å². The van der Waals surface area contributed by atoms with E-state index in [1.54, 1.807) is 0 Å². The van der Waals surface area contributed by atoms with Crippen LogP contribution < -0.4 is 5.32 Å². The zero-order valence-corrected chi connectivity index (χ0v) is 11.7. The molecule has 0 radical (unpaired) electrons. The van der Waals surface area contributed by atoms with Crippen LogP contribution in [0.15, 0.2) is 0 Å². The lowest BCUT2D eigenvalue weighted by atomic mass is 9.96. The third kappa shape index (κ3) is 3.80. The van der Waals surface area contributed by atoms with Gasteiger partial charge < -0.3 is 10.4 Å². The number of hydrogen-bond acceptors (Lipinski definition) is 4. The molecule has 0 saturated heterocycles. The van der Waals surface area contributed by atoms with Gasteiger partial charge in [0, 0.05) is 17.6 Å². The fraction of sp³-hybridized carbons (Fsp3) is 0.750. The van der Waals surface area contributed by atoms with Crippen LogP contribution in [0.1, 0.15) is 57.5 Å². The van der Waals surface area contributed by atoms with E-state index in [1.807, 2.05) is 34.6 Å². The Bertz CT molecular complexity index is 418. The van der Waals surface area contributed by atoms with Gasteiger partial charge in [0.1, 0.15) is 5.82 Å². The van der Waals surface area contributed by atoms with Crippen molar-refractivity contribution >= 4 is 5.91 Å². The Kier molecular flexibility index (Phi) is 4.11. The zero-order chi connectivity index (χ0) is 14.0. The highest BCUT2D eigenvalue weighted by molar-refractivity contribution is 5.90. The monoisotopic (exact) mass is 254 g/mol. The average Bonchev–Trinajstić information content (AvgIpc) is 2.63. The fourth-order valence-corrected chi connectivity index (χ4v) is 1.40. The first-order valence-corrected chi connectivity index (χ1v) is 6.02. The Balaban J connectivity index is 2.77. The number of H-pyrrole nitrogens is 1. The summed E-state index contributed by atoms with van der Waals surface area (Å²) < 4.78 is 0. The van der Waals surface area contributed by atoms with E-state index in [-0.39, 0.29) is 23.8 Å². The molecule has 1 aromatic rings. The van der Waals surface area contributed by atoms with Crippen LogP contribution in [0.4, 0.5) is 0 Å². The van der Waals surface area contributed by atoms with Crippen molar-refractivity contribution in [1.82, 2.24) is 20.5 Å². The molecule has 6 heteroatoms. The molecule has 0 aromatic carbocycles. The number of nitrogens with one attached hydrogen (secondary N) is 2. The van der Waals surface area contributed by atoms with Crippen molar-refractivity contribution in [2.24, 2.45) is 0 Å². The summed E-state index contributed by atoms with van der Waals surface area (Å²) >= 11 is 0. The smallest absolute Gasteiger partial charge is 0.291 e. The minimum absolute atomic E-state index is 0.0223. The Hall–Kier alpha value is -1.43. The molecule has 6 nitrogen and oxygen atoms in total. The fourth-order valence-electron chi connectivity index (χ4n) is 1.40. The molecule has 0 unspecified atom stereocenters. The molecular formula is C12H22N4O2. The van der Waals surface area contributed by atoms with Gasteiger partial charge in [0.25, 0.3) is 5.91 Å². The molecule has 3 N–H and O–H groups in total. The van der Waals surface area contributed by atoms with Crippen molar-refractivity contribution < 1.29 is 9.90 Å². The number of aliphatic hydroxyl groups is 1. The summed E-state index contributed by atoms with van der Waals surface area (Å²) in [6, 6.07) is 0. The lowest BCUT2D eigenvalue weighted by Gasteiger charge is -2.24. The molecule has 0 saturated carbocycles. The number of aromatic amines is 1. The molecule has 1 heterocycles. The van der Waals surface area contributed by atoms with Gasteiger partial charge in [-0.1, -0.05) is 20.8 Å². The molecule has 0 atom stereocenters. The molecule has 0 spiro atoms. The lowest BCUT2D eigenvalue weighted by molar-refractivity contribution is 0.0889. The van der Waals surface area contributed by atoms with Crippen molar-refractivity contribution in [2.75, 3.05) is 6.61 Å². The summed E-state index contributed by atoms with van der Waals surface area (Å²) in [5, 5.41) is 18.4. The minimum Gasteiger partial charge on any atom is -0.396 e. The summed E-state index contributed by atoms with van der Waals surface area (Å²) in [6.45, 7) is 9.69. The number of carbonyl (C=O) groups is 1. The Morgan fingerprint density at radius 1 is 1.33 bits per heavy atom. The van der Waals surface area contributed by atoms with Crippen LogP contribution >= 0.6 is 0 Å². The normalized spacial score (nSPS) is 12.6.